The quantitative estimate of drug-likeness (QED) is 0.850. The van der Waals surface area contributed by atoms with E-state index < -0.39 is 0 Å². The Labute approximate surface area is 124 Å². The highest BCUT2D eigenvalue weighted by Crippen LogP contribution is 2.35. The maximum absolute atomic E-state index is 12.0. The fraction of sp³-hybridized carbons (Fsp3) is 0.294. The van der Waals surface area contributed by atoms with Crippen LogP contribution in [0.25, 0.3) is 0 Å². The van der Waals surface area contributed by atoms with Gasteiger partial charge in [-0.15, -0.1) is 0 Å². The molecule has 1 aromatic carbocycles. The smallest absolute Gasteiger partial charge is 0.228 e. The van der Waals surface area contributed by atoms with Crippen molar-refractivity contribution in [3.05, 3.63) is 53.9 Å². The number of nitrogens with one attached hydrogen (secondary N) is 1. The molecule has 110 valence electrons. The number of phenols is 1. The number of pyridine rings is 1. The van der Waals surface area contributed by atoms with Crippen molar-refractivity contribution in [3.63, 3.8) is 0 Å². The molecule has 0 atom stereocenters. The minimum atomic E-state index is -0.186. The van der Waals surface area contributed by atoms with Gasteiger partial charge in [0.1, 0.15) is 5.75 Å². The molecule has 0 radical (unpaired) electrons. The summed E-state index contributed by atoms with van der Waals surface area (Å²) in [5.41, 5.74) is 1.90. The third kappa shape index (κ3) is 3.81. The molecule has 1 aromatic heterocycles. The van der Waals surface area contributed by atoms with Crippen molar-refractivity contribution in [1.82, 2.24) is 4.98 Å². The van der Waals surface area contributed by atoms with Crippen molar-refractivity contribution in [3.8, 4) is 5.75 Å². The largest absolute Gasteiger partial charge is 0.505 e. The van der Waals surface area contributed by atoms with Crippen LogP contribution >= 0.6 is 0 Å². The summed E-state index contributed by atoms with van der Waals surface area (Å²) in [6, 6.07) is 9.04. The van der Waals surface area contributed by atoms with Crippen molar-refractivity contribution in [2.45, 2.75) is 32.6 Å². The Morgan fingerprint density at radius 1 is 1.24 bits per heavy atom. The molecule has 0 aliphatic carbocycles. The molecule has 0 bridgehead atoms. The molecule has 0 unspecified atom stereocenters. The van der Waals surface area contributed by atoms with Crippen molar-refractivity contribution >= 4 is 11.6 Å². The lowest BCUT2D eigenvalue weighted by Crippen LogP contribution is -2.16. The van der Waals surface area contributed by atoms with Crippen LogP contribution in [0.3, 0.4) is 0 Å². The fourth-order valence-electron chi connectivity index (χ4n) is 2.13. The molecule has 4 nitrogen and oxygen atoms in total. The molecule has 0 aliphatic rings. The summed E-state index contributed by atoms with van der Waals surface area (Å²) in [6.07, 6.45) is 3.55. The molecule has 0 saturated carbocycles. The number of carbonyl (C=O) groups is 1. The summed E-state index contributed by atoms with van der Waals surface area (Å²) in [7, 11) is 0. The van der Waals surface area contributed by atoms with Gasteiger partial charge in [0.2, 0.25) is 5.91 Å². The van der Waals surface area contributed by atoms with Crippen LogP contribution in [0.5, 0.6) is 5.75 Å². The zero-order valence-electron chi connectivity index (χ0n) is 12.6. The number of aromatic hydroxyl groups is 1. The van der Waals surface area contributed by atoms with E-state index in [0.29, 0.717) is 5.69 Å². The Kier molecular flexibility index (Phi) is 4.26. The average Bonchev–Trinajstić information content (AvgIpc) is 2.41. The third-order valence-corrected chi connectivity index (χ3v) is 3.21. The van der Waals surface area contributed by atoms with Crippen molar-refractivity contribution in [2.24, 2.45) is 0 Å². The van der Waals surface area contributed by atoms with Crippen LogP contribution in [0.2, 0.25) is 0 Å². The molecule has 0 fully saturated rings. The number of phenolic OH excluding ortho intramolecular Hbond substituents is 1. The van der Waals surface area contributed by atoms with Crippen LogP contribution in [-0.4, -0.2) is 16.0 Å². The Bertz CT molecular complexity index is 631. The number of para-hydroxylation sites is 1. The van der Waals surface area contributed by atoms with Crippen LogP contribution in [0.1, 0.15) is 31.9 Å². The summed E-state index contributed by atoms with van der Waals surface area (Å²) in [4.78, 5) is 16.0. The van der Waals surface area contributed by atoms with E-state index in [1.54, 1.807) is 24.5 Å². The van der Waals surface area contributed by atoms with Crippen molar-refractivity contribution in [1.29, 1.82) is 0 Å². The van der Waals surface area contributed by atoms with Gasteiger partial charge in [-0.2, -0.15) is 0 Å². The van der Waals surface area contributed by atoms with Gasteiger partial charge >= 0.3 is 0 Å². The molecule has 2 N–H and O–H groups in total. The molecule has 21 heavy (non-hydrogen) atoms. The van der Waals surface area contributed by atoms with Gasteiger partial charge in [-0.05, 0) is 23.1 Å². The SMILES string of the molecule is CC(C)(C)c1cccc(NC(=O)Cc2cccnc2)c1O. The van der Waals surface area contributed by atoms with E-state index in [9.17, 15) is 9.90 Å². The van der Waals surface area contributed by atoms with Crippen LogP contribution in [0.4, 0.5) is 5.69 Å². The van der Waals surface area contributed by atoms with E-state index in [0.717, 1.165) is 11.1 Å². The molecular formula is C17H20N2O2. The van der Waals surface area contributed by atoms with Crippen molar-refractivity contribution in [2.75, 3.05) is 5.32 Å². The molecule has 0 aliphatic heterocycles. The minimum absolute atomic E-state index is 0.129. The monoisotopic (exact) mass is 284 g/mol. The standard InChI is InChI=1S/C17H20N2O2/c1-17(2,3)13-7-4-8-14(16(13)21)19-15(20)10-12-6-5-9-18-11-12/h4-9,11,21H,10H2,1-3H3,(H,19,20). The van der Waals surface area contributed by atoms with E-state index in [2.05, 4.69) is 10.3 Å². The Morgan fingerprint density at radius 3 is 2.62 bits per heavy atom. The van der Waals surface area contributed by atoms with Crippen molar-refractivity contribution < 1.29 is 9.90 Å². The number of rotatable bonds is 3. The summed E-state index contributed by atoms with van der Waals surface area (Å²) < 4.78 is 0. The van der Waals surface area contributed by atoms with E-state index >= 15 is 0 Å². The maximum atomic E-state index is 12.0. The number of benzene rings is 1. The number of anilines is 1. The highest BCUT2D eigenvalue weighted by Gasteiger charge is 2.20. The third-order valence-electron chi connectivity index (χ3n) is 3.21. The molecule has 0 spiro atoms. The first kappa shape index (κ1) is 15.0. The second-order valence-electron chi connectivity index (χ2n) is 6.04. The van der Waals surface area contributed by atoms with Crippen LogP contribution in [0, 0.1) is 0 Å². The van der Waals surface area contributed by atoms with E-state index in [1.807, 2.05) is 39.0 Å². The molecule has 4 heteroatoms. The average molecular weight is 284 g/mol. The number of aromatic nitrogens is 1. The second kappa shape index (κ2) is 5.95. The van der Waals surface area contributed by atoms with Gasteiger partial charge in [-0.25, -0.2) is 0 Å². The van der Waals surface area contributed by atoms with Gasteiger partial charge in [0.15, 0.2) is 0 Å². The van der Waals surface area contributed by atoms with Gasteiger partial charge in [0.25, 0.3) is 0 Å². The van der Waals surface area contributed by atoms with Crippen LogP contribution in [-0.2, 0) is 16.6 Å². The first-order chi connectivity index (χ1) is 9.88. The first-order valence-corrected chi connectivity index (χ1v) is 6.89. The topological polar surface area (TPSA) is 62.2 Å². The van der Waals surface area contributed by atoms with E-state index in [1.165, 1.54) is 0 Å². The fourth-order valence-corrected chi connectivity index (χ4v) is 2.13. The number of hydrogen-bond acceptors (Lipinski definition) is 3. The summed E-state index contributed by atoms with van der Waals surface area (Å²) in [5.74, 6) is -0.0473. The zero-order valence-corrected chi connectivity index (χ0v) is 12.6. The summed E-state index contributed by atoms with van der Waals surface area (Å²) in [5, 5.41) is 13.1. The van der Waals surface area contributed by atoms with Gasteiger partial charge < -0.3 is 10.4 Å². The number of amides is 1. The first-order valence-electron chi connectivity index (χ1n) is 6.89. The molecule has 0 saturated heterocycles. The lowest BCUT2D eigenvalue weighted by molar-refractivity contribution is -0.115. The molecular weight excluding hydrogens is 264 g/mol. The van der Waals surface area contributed by atoms with Crippen LogP contribution in [0.15, 0.2) is 42.7 Å². The van der Waals surface area contributed by atoms with E-state index in [-0.39, 0.29) is 23.5 Å². The zero-order chi connectivity index (χ0) is 15.5. The van der Waals surface area contributed by atoms with Gasteiger partial charge in [-0.3, -0.25) is 9.78 Å². The number of carbonyl (C=O) groups excluding carboxylic acids is 1. The normalized spacial score (nSPS) is 11.2. The molecule has 2 rings (SSSR count). The lowest BCUT2D eigenvalue weighted by atomic mass is 9.86. The molecule has 1 amide bonds. The maximum Gasteiger partial charge on any atom is 0.228 e. The Hall–Kier alpha value is -2.36. The number of hydrogen-bond donors (Lipinski definition) is 2. The predicted octanol–water partition coefficient (Wildman–Crippen LogP) is 3.27. The highest BCUT2D eigenvalue weighted by atomic mass is 16.3. The highest BCUT2D eigenvalue weighted by molar-refractivity contribution is 5.93. The minimum Gasteiger partial charge on any atom is -0.505 e. The van der Waals surface area contributed by atoms with E-state index in [4.69, 9.17) is 0 Å². The molecule has 2 aromatic rings. The van der Waals surface area contributed by atoms with Gasteiger partial charge in [-0.1, -0.05) is 39.0 Å². The summed E-state index contributed by atoms with van der Waals surface area (Å²) >= 11 is 0. The predicted molar refractivity (Wildman–Crippen MR) is 83.4 cm³/mol. The Balaban J connectivity index is 2.15. The Morgan fingerprint density at radius 2 is 2.00 bits per heavy atom. The van der Waals surface area contributed by atoms with Gasteiger partial charge in [0.05, 0.1) is 12.1 Å². The second-order valence-corrected chi connectivity index (χ2v) is 6.04. The number of nitrogens with zero attached hydrogens (tertiary/aromatic N) is 1. The lowest BCUT2D eigenvalue weighted by Gasteiger charge is -2.22. The molecule has 1 heterocycles. The van der Waals surface area contributed by atoms with Gasteiger partial charge in [0, 0.05) is 18.0 Å². The summed E-state index contributed by atoms with van der Waals surface area (Å²) in [6.45, 7) is 6.05. The van der Waals surface area contributed by atoms with Crippen LogP contribution < -0.4 is 5.32 Å².